The molecule has 0 radical (unpaired) electrons. The van der Waals surface area contributed by atoms with Gasteiger partial charge in [0, 0.05) is 38.3 Å². The van der Waals surface area contributed by atoms with E-state index in [4.69, 9.17) is 0 Å². The molecule has 1 saturated heterocycles. The number of rotatable bonds is 3. The summed E-state index contributed by atoms with van der Waals surface area (Å²) in [6, 6.07) is 0. The fraction of sp³-hybridized carbons (Fsp3) is 0.714. The molecule has 1 aliphatic heterocycles. The van der Waals surface area contributed by atoms with Crippen LogP contribution >= 0.6 is 0 Å². The summed E-state index contributed by atoms with van der Waals surface area (Å²) >= 11 is 0. The van der Waals surface area contributed by atoms with Crippen LogP contribution in [0.25, 0.3) is 0 Å². The van der Waals surface area contributed by atoms with Crippen LogP contribution in [0.4, 0.5) is 18.9 Å². The van der Waals surface area contributed by atoms with Gasteiger partial charge in [-0.2, -0.15) is 18.3 Å². The van der Waals surface area contributed by atoms with Crippen LogP contribution in [-0.4, -0.2) is 36.0 Å². The fourth-order valence-corrected chi connectivity index (χ4v) is 2.64. The lowest BCUT2D eigenvalue weighted by atomic mass is 10.1. The van der Waals surface area contributed by atoms with Crippen LogP contribution in [-0.2, 0) is 12.7 Å². The fourth-order valence-electron chi connectivity index (χ4n) is 2.64. The maximum absolute atomic E-state index is 13.2. The summed E-state index contributed by atoms with van der Waals surface area (Å²) in [5, 5.41) is 6.70. The van der Waals surface area contributed by atoms with E-state index in [-0.39, 0.29) is 23.7 Å². The van der Waals surface area contributed by atoms with Crippen molar-refractivity contribution in [3.63, 3.8) is 0 Å². The summed E-state index contributed by atoms with van der Waals surface area (Å²) in [7, 11) is 0. The summed E-state index contributed by atoms with van der Waals surface area (Å²) in [4.78, 5) is 14.3. The van der Waals surface area contributed by atoms with Gasteiger partial charge in [-0.15, -0.1) is 0 Å². The Bertz CT molecular complexity index is 589. The Morgan fingerprint density at radius 1 is 1.27 bits per heavy atom. The number of alkyl halides is 3. The molecule has 0 spiro atoms. The van der Waals surface area contributed by atoms with Gasteiger partial charge < -0.3 is 10.2 Å². The van der Waals surface area contributed by atoms with Gasteiger partial charge in [-0.1, -0.05) is 13.8 Å². The molecular formula is C14H21F3N4O. The molecular weight excluding hydrogens is 297 g/mol. The first-order valence-electron chi connectivity index (χ1n) is 7.36. The molecule has 2 heterocycles. The van der Waals surface area contributed by atoms with E-state index in [0.717, 1.165) is 4.68 Å². The van der Waals surface area contributed by atoms with E-state index >= 15 is 0 Å². The number of hydrogen-bond acceptors (Lipinski definition) is 4. The Hall–Kier alpha value is -1.57. The quantitative estimate of drug-likeness (QED) is 0.920. The molecule has 1 aromatic rings. The van der Waals surface area contributed by atoms with E-state index in [1.54, 1.807) is 4.90 Å². The van der Waals surface area contributed by atoms with Crippen LogP contribution < -0.4 is 15.8 Å². The Balaban J connectivity index is 2.60. The van der Waals surface area contributed by atoms with Gasteiger partial charge in [-0.25, -0.2) is 4.68 Å². The van der Waals surface area contributed by atoms with Gasteiger partial charge in [0.1, 0.15) is 5.69 Å². The van der Waals surface area contributed by atoms with Crippen molar-refractivity contribution in [3.8, 4) is 0 Å². The highest BCUT2D eigenvalue weighted by Gasteiger charge is 2.38. The maximum Gasteiger partial charge on any atom is 0.435 e. The average molecular weight is 318 g/mol. The molecule has 0 saturated carbocycles. The van der Waals surface area contributed by atoms with Gasteiger partial charge in [0.25, 0.3) is 5.56 Å². The third-order valence-electron chi connectivity index (χ3n) is 3.61. The minimum atomic E-state index is -4.57. The smallest absolute Gasteiger partial charge is 0.364 e. The second-order valence-electron chi connectivity index (χ2n) is 5.94. The zero-order valence-electron chi connectivity index (χ0n) is 13.0. The molecule has 124 valence electrons. The lowest BCUT2D eigenvalue weighted by Gasteiger charge is -2.31. The molecule has 0 aliphatic carbocycles. The molecule has 1 aliphatic rings. The number of nitrogens with zero attached hydrogens (tertiary/aromatic N) is 3. The largest absolute Gasteiger partial charge is 0.435 e. The zero-order valence-corrected chi connectivity index (χ0v) is 13.0. The number of anilines is 1. The Kier molecular flexibility index (Phi) is 4.79. The number of piperazine rings is 1. The van der Waals surface area contributed by atoms with Crippen molar-refractivity contribution in [1.29, 1.82) is 0 Å². The standard InChI is InChI=1S/C14H21F3N4O/c1-9(2)8-21-13(22)11(20-6-4-18-5-7-20)10(3)12(19-21)14(15,16)17/h9,18H,4-8H2,1-3H3. The zero-order chi connectivity index (χ0) is 16.5. The topological polar surface area (TPSA) is 50.2 Å². The predicted octanol–water partition coefficient (Wildman–Crippen LogP) is 1.64. The summed E-state index contributed by atoms with van der Waals surface area (Å²) in [6.45, 7) is 7.49. The van der Waals surface area contributed by atoms with E-state index in [1.165, 1.54) is 6.92 Å². The first-order chi connectivity index (χ1) is 10.2. The number of nitrogens with one attached hydrogen (secondary N) is 1. The summed E-state index contributed by atoms with van der Waals surface area (Å²) in [5.74, 6) is 0.0323. The highest BCUT2D eigenvalue weighted by atomic mass is 19.4. The van der Waals surface area contributed by atoms with E-state index in [2.05, 4.69) is 10.4 Å². The van der Waals surface area contributed by atoms with Gasteiger partial charge in [-0.05, 0) is 12.8 Å². The SMILES string of the molecule is Cc1c(C(F)(F)F)nn(CC(C)C)c(=O)c1N1CCNCC1. The van der Waals surface area contributed by atoms with Gasteiger partial charge >= 0.3 is 6.18 Å². The van der Waals surface area contributed by atoms with Crippen molar-refractivity contribution in [3.05, 3.63) is 21.6 Å². The van der Waals surface area contributed by atoms with Crippen molar-refractivity contribution in [2.24, 2.45) is 5.92 Å². The van der Waals surface area contributed by atoms with Crippen molar-refractivity contribution < 1.29 is 13.2 Å². The van der Waals surface area contributed by atoms with Crippen LogP contribution in [0.1, 0.15) is 25.1 Å². The highest BCUT2D eigenvalue weighted by molar-refractivity contribution is 5.53. The lowest BCUT2D eigenvalue weighted by Crippen LogP contribution is -2.47. The summed E-state index contributed by atoms with van der Waals surface area (Å²) in [5.41, 5.74) is -1.37. The van der Waals surface area contributed by atoms with Gasteiger partial charge in [-0.3, -0.25) is 4.79 Å². The second-order valence-corrected chi connectivity index (χ2v) is 5.94. The van der Waals surface area contributed by atoms with E-state index < -0.39 is 17.4 Å². The first kappa shape index (κ1) is 16.8. The summed E-state index contributed by atoms with van der Waals surface area (Å²) in [6.07, 6.45) is -4.57. The molecule has 0 unspecified atom stereocenters. The van der Waals surface area contributed by atoms with E-state index in [1.807, 2.05) is 13.8 Å². The van der Waals surface area contributed by atoms with Crippen molar-refractivity contribution in [2.45, 2.75) is 33.5 Å². The van der Waals surface area contributed by atoms with Crippen LogP contribution in [0.5, 0.6) is 0 Å². The molecule has 2 rings (SSSR count). The monoisotopic (exact) mass is 318 g/mol. The average Bonchev–Trinajstić information content (AvgIpc) is 2.41. The molecule has 22 heavy (non-hydrogen) atoms. The highest BCUT2D eigenvalue weighted by Crippen LogP contribution is 2.32. The first-order valence-corrected chi connectivity index (χ1v) is 7.36. The van der Waals surface area contributed by atoms with Crippen molar-refractivity contribution in [2.75, 3.05) is 31.1 Å². The van der Waals surface area contributed by atoms with Gasteiger partial charge in [0.15, 0.2) is 5.69 Å². The van der Waals surface area contributed by atoms with Crippen LogP contribution in [0, 0.1) is 12.8 Å². The van der Waals surface area contributed by atoms with Crippen molar-refractivity contribution >= 4 is 5.69 Å². The number of halogens is 3. The minimum Gasteiger partial charge on any atom is -0.364 e. The second kappa shape index (κ2) is 6.28. The van der Waals surface area contributed by atoms with Crippen LogP contribution in [0.15, 0.2) is 4.79 Å². The molecule has 0 bridgehead atoms. The summed E-state index contributed by atoms with van der Waals surface area (Å²) < 4.78 is 40.7. The van der Waals surface area contributed by atoms with Gasteiger partial charge in [0.05, 0.1) is 0 Å². The predicted molar refractivity (Wildman–Crippen MR) is 78.2 cm³/mol. The molecule has 0 aromatic carbocycles. The molecule has 1 N–H and O–H groups in total. The van der Waals surface area contributed by atoms with E-state index in [0.29, 0.717) is 26.2 Å². The molecule has 8 heteroatoms. The molecule has 1 aromatic heterocycles. The molecule has 1 fully saturated rings. The third kappa shape index (κ3) is 3.43. The number of hydrogen-bond donors (Lipinski definition) is 1. The maximum atomic E-state index is 13.2. The lowest BCUT2D eigenvalue weighted by molar-refractivity contribution is -0.142. The number of aromatic nitrogens is 2. The van der Waals surface area contributed by atoms with Crippen LogP contribution in [0.3, 0.4) is 0 Å². The Morgan fingerprint density at radius 3 is 2.36 bits per heavy atom. The molecule has 5 nitrogen and oxygen atoms in total. The minimum absolute atomic E-state index is 0.0323. The van der Waals surface area contributed by atoms with Crippen LogP contribution in [0.2, 0.25) is 0 Å². The van der Waals surface area contributed by atoms with Gasteiger partial charge in [0.2, 0.25) is 0 Å². The van der Waals surface area contributed by atoms with E-state index in [9.17, 15) is 18.0 Å². The molecule has 0 amide bonds. The normalized spacial score (nSPS) is 16.4. The molecule has 0 atom stereocenters. The Morgan fingerprint density at radius 2 is 1.86 bits per heavy atom. The van der Waals surface area contributed by atoms with Crippen molar-refractivity contribution in [1.82, 2.24) is 15.1 Å². The third-order valence-corrected chi connectivity index (χ3v) is 3.61. The Labute approximate surface area is 127 Å².